The Hall–Kier alpha value is -2.50. The van der Waals surface area contributed by atoms with E-state index in [0.29, 0.717) is 6.42 Å². The van der Waals surface area contributed by atoms with E-state index < -0.39 is 5.41 Å². The average molecular weight is 234 g/mol. The molecule has 1 unspecified atom stereocenters. The number of nitrogens with zero attached hydrogens (tertiary/aromatic N) is 2. The topological polar surface area (TPSA) is 47.6 Å². The lowest BCUT2D eigenvalue weighted by molar-refractivity contribution is 0.767. The molecule has 0 heterocycles. The van der Waals surface area contributed by atoms with Gasteiger partial charge in [0.25, 0.3) is 0 Å². The maximum Gasteiger partial charge on any atom is 0.133 e. The molecule has 88 valence electrons. The van der Waals surface area contributed by atoms with Crippen molar-refractivity contribution in [3.05, 3.63) is 47.5 Å². The van der Waals surface area contributed by atoms with Gasteiger partial charge in [-0.3, -0.25) is 0 Å². The van der Waals surface area contributed by atoms with E-state index in [4.69, 9.17) is 10.5 Å². The number of benzene rings is 1. The summed E-state index contributed by atoms with van der Waals surface area (Å²) in [5.41, 5.74) is 0.924. The van der Waals surface area contributed by atoms with Gasteiger partial charge in [0, 0.05) is 5.56 Å². The van der Waals surface area contributed by atoms with E-state index in [9.17, 15) is 0 Å². The third kappa shape index (κ3) is 3.51. The molecule has 0 N–H and O–H groups in total. The zero-order valence-electron chi connectivity index (χ0n) is 10.6. The Morgan fingerprint density at radius 2 is 2.00 bits per heavy atom. The van der Waals surface area contributed by atoms with E-state index in [2.05, 4.69) is 24.0 Å². The Kier molecular flexibility index (Phi) is 4.74. The van der Waals surface area contributed by atoms with E-state index in [1.165, 1.54) is 0 Å². The molecule has 2 nitrogen and oxygen atoms in total. The van der Waals surface area contributed by atoms with Crippen molar-refractivity contribution in [2.45, 2.75) is 20.3 Å². The molecule has 0 spiro atoms. The first kappa shape index (κ1) is 13.6. The first-order valence-electron chi connectivity index (χ1n) is 5.68. The van der Waals surface area contributed by atoms with Gasteiger partial charge in [-0.15, -0.1) is 0 Å². The molecular formula is C16H14N2. The summed E-state index contributed by atoms with van der Waals surface area (Å²) in [7, 11) is 0. The Labute approximate surface area is 108 Å². The summed E-state index contributed by atoms with van der Waals surface area (Å²) in [6.45, 7) is 3.63. The van der Waals surface area contributed by atoms with Crippen LogP contribution in [0.3, 0.4) is 0 Å². The van der Waals surface area contributed by atoms with Crippen molar-refractivity contribution in [3.63, 3.8) is 0 Å². The fraction of sp³-hybridized carbons (Fsp3) is 0.250. The minimum atomic E-state index is -0.783. The van der Waals surface area contributed by atoms with Crippen LogP contribution in [0.25, 0.3) is 0 Å². The van der Waals surface area contributed by atoms with Crippen LogP contribution in [0, 0.1) is 39.9 Å². The third-order valence-electron chi connectivity index (χ3n) is 2.48. The molecule has 0 aromatic heterocycles. The summed E-state index contributed by atoms with van der Waals surface area (Å²) in [5.74, 6) is 5.95. The van der Waals surface area contributed by atoms with Gasteiger partial charge >= 0.3 is 0 Å². The highest BCUT2D eigenvalue weighted by atomic mass is 14.3. The Morgan fingerprint density at radius 3 is 2.61 bits per heavy atom. The lowest BCUT2D eigenvalue weighted by atomic mass is 9.92. The lowest BCUT2D eigenvalue weighted by Crippen LogP contribution is -2.06. The molecule has 0 bridgehead atoms. The Balaban J connectivity index is 3.14. The molecule has 0 radical (unpaired) electrons. The van der Waals surface area contributed by atoms with E-state index in [0.717, 1.165) is 11.1 Å². The van der Waals surface area contributed by atoms with Gasteiger partial charge < -0.3 is 0 Å². The van der Waals surface area contributed by atoms with Crippen LogP contribution >= 0.6 is 0 Å². The Bertz CT molecular complexity index is 588. The molecule has 1 atom stereocenters. The molecule has 0 saturated carbocycles. The molecule has 1 rings (SSSR count). The van der Waals surface area contributed by atoms with Crippen molar-refractivity contribution in [1.29, 1.82) is 10.5 Å². The number of hydrogen-bond donors (Lipinski definition) is 0. The van der Waals surface area contributed by atoms with Crippen LogP contribution in [0.4, 0.5) is 0 Å². The molecule has 0 aliphatic carbocycles. The third-order valence-corrected chi connectivity index (χ3v) is 2.48. The first-order chi connectivity index (χ1) is 8.65. The number of rotatable bonds is 2. The zero-order chi connectivity index (χ0) is 13.4. The van der Waals surface area contributed by atoms with Crippen molar-refractivity contribution < 1.29 is 0 Å². The fourth-order valence-electron chi connectivity index (χ4n) is 1.52. The van der Waals surface area contributed by atoms with Crippen molar-refractivity contribution in [3.8, 4) is 24.0 Å². The van der Waals surface area contributed by atoms with Gasteiger partial charge in [-0.2, -0.15) is 10.5 Å². The molecule has 1 aromatic carbocycles. The summed E-state index contributed by atoms with van der Waals surface area (Å²) < 4.78 is 0. The Morgan fingerprint density at radius 1 is 1.28 bits per heavy atom. The monoisotopic (exact) mass is 234 g/mol. The minimum Gasteiger partial charge on any atom is -0.198 e. The molecule has 0 amide bonds. The van der Waals surface area contributed by atoms with Crippen LogP contribution in [0.5, 0.6) is 0 Å². The van der Waals surface area contributed by atoms with Crippen molar-refractivity contribution in [2.24, 2.45) is 5.41 Å². The predicted molar refractivity (Wildman–Crippen MR) is 71.2 cm³/mol. The second-order valence-corrected chi connectivity index (χ2v) is 4.06. The molecule has 0 aliphatic heterocycles. The molecule has 1 aromatic rings. The van der Waals surface area contributed by atoms with Crippen LogP contribution in [0.15, 0.2) is 36.4 Å². The van der Waals surface area contributed by atoms with Gasteiger partial charge in [0.1, 0.15) is 5.41 Å². The van der Waals surface area contributed by atoms with Gasteiger partial charge in [0.2, 0.25) is 0 Å². The second kappa shape index (κ2) is 6.29. The highest BCUT2D eigenvalue weighted by Gasteiger charge is 2.15. The smallest absolute Gasteiger partial charge is 0.133 e. The molecule has 18 heavy (non-hydrogen) atoms. The van der Waals surface area contributed by atoms with Crippen LogP contribution in [0.2, 0.25) is 0 Å². The fourth-order valence-corrected chi connectivity index (χ4v) is 1.52. The van der Waals surface area contributed by atoms with Crippen molar-refractivity contribution in [1.82, 2.24) is 0 Å². The molecule has 0 fully saturated rings. The summed E-state index contributed by atoms with van der Waals surface area (Å²) in [6, 6.07) is 11.8. The van der Waals surface area contributed by atoms with Gasteiger partial charge in [0.05, 0.1) is 18.6 Å². The van der Waals surface area contributed by atoms with E-state index in [1.54, 1.807) is 13.0 Å². The van der Waals surface area contributed by atoms with Gasteiger partial charge in [0.15, 0.2) is 0 Å². The molecule has 0 saturated heterocycles. The van der Waals surface area contributed by atoms with Crippen LogP contribution in [-0.2, 0) is 6.42 Å². The number of hydrogen-bond acceptors (Lipinski definition) is 2. The summed E-state index contributed by atoms with van der Waals surface area (Å²) >= 11 is 0. The normalized spacial score (nSPS) is 12.9. The van der Waals surface area contributed by atoms with E-state index in [1.807, 2.05) is 37.3 Å². The van der Waals surface area contributed by atoms with Gasteiger partial charge in [-0.1, -0.05) is 42.2 Å². The SMILES string of the molecule is C/C=C\C(C)(C#N)C#Cc1ccccc1CC#N. The van der Waals surface area contributed by atoms with Crippen molar-refractivity contribution >= 4 is 0 Å². The minimum absolute atomic E-state index is 0.331. The second-order valence-electron chi connectivity index (χ2n) is 4.06. The van der Waals surface area contributed by atoms with Crippen molar-refractivity contribution in [2.75, 3.05) is 0 Å². The molecule has 2 heteroatoms. The van der Waals surface area contributed by atoms with E-state index >= 15 is 0 Å². The molecular weight excluding hydrogens is 220 g/mol. The zero-order valence-corrected chi connectivity index (χ0v) is 10.6. The van der Waals surface area contributed by atoms with Crippen LogP contribution in [0.1, 0.15) is 25.0 Å². The number of nitriles is 2. The first-order valence-corrected chi connectivity index (χ1v) is 5.68. The van der Waals surface area contributed by atoms with Crippen LogP contribution in [-0.4, -0.2) is 0 Å². The largest absolute Gasteiger partial charge is 0.198 e. The standard InChI is InChI=1S/C16H14N2/c1-3-10-16(2,13-18)11-8-14-6-4-5-7-15(14)9-12-17/h3-7,10H,9H2,1-2H3/b10-3-. The van der Waals surface area contributed by atoms with Crippen LogP contribution < -0.4 is 0 Å². The number of allylic oxidation sites excluding steroid dienone is 2. The van der Waals surface area contributed by atoms with E-state index in [-0.39, 0.29) is 0 Å². The highest BCUT2D eigenvalue weighted by Crippen LogP contribution is 2.16. The summed E-state index contributed by atoms with van der Waals surface area (Å²) in [6.07, 6.45) is 3.92. The predicted octanol–water partition coefficient (Wildman–Crippen LogP) is 3.21. The quantitative estimate of drug-likeness (QED) is 0.582. The summed E-state index contributed by atoms with van der Waals surface area (Å²) in [4.78, 5) is 0. The maximum absolute atomic E-state index is 9.11. The lowest BCUT2D eigenvalue weighted by Gasteiger charge is -2.07. The average Bonchev–Trinajstić information content (AvgIpc) is 2.38. The maximum atomic E-state index is 9.11. The summed E-state index contributed by atoms with van der Waals surface area (Å²) in [5, 5.41) is 17.9. The molecule has 0 aliphatic rings. The van der Waals surface area contributed by atoms with Gasteiger partial charge in [-0.25, -0.2) is 0 Å². The van der Waals surface area contributed by atoms with Gasteiger partial charge in [-0.05, 0) is 25.5 Å². The highest BCUT2D eigenvalue weighted by molar-refractivity contribution is 5.45.